The van der Waals surface area contributed by atoms with Crippen LogP contribution in [0.2, 0.25) is 0 Å². The summed E-state index contributed by atoms with van der Waals surface area (Å²) in [4.78, 5) is 13.9. The lowest BCUT2D eigenvalue weighted by Gasteiger charge is -2.12. The van der Waals surface area contributed by atoms with E-state index in [9.17, 15) is 4.79 Å². The maximum Gasteiger partial charge on any atom is 0.263 e. The van der Waals surface area contributed by atoms with E-state index in [-0.39, 0.29) is 5.56 Å². The molecule has 3 aromatic heterocycles. The Labute approximate surface area is 296 Å². The Kier molecular flexibility index (Phi) is 5.38. The Hall–Kier alpha value is -6.97. The van der Waals surface area contributed by atoms with Gasteiger partial charge in [-0.25, -0.2) is 0 Å². The molecule has 0 radical (unpaired) electrons. The lowest BCUT2D eigenvalue weighted by Crippen LogP contribution is -2.12. The zero-order valence-electron chi connectivity index (χ0n) is 27.9. The fraction of sp³-hybridized carbons (Fsp3) is 0. The number of fused-ring (bicyclic) bond motifs is 14. The van der Waals surface area contributed by atoms with Crippen molar-refractivity contribution in [2.24, 2.45) is 0 Å². The quantitative estimate of drug-likeness (QED) is 0.173. The van der Waals surface area contributed by atoms with Crippen LogP contribution < -0.4 is 5.56 Å². The predicted molar refractivity (Wildman–Crippen MR) is 218 cm³/mol. The minimum absolute atomic E-state index is 0.0238. The summed E-state index contributed by atoms with van der Waals surface area (Å²) in [5, 5.41) is 14.8. The van der Waals surface area contributed by atoms with Gasteiger partial charge in [-0.2, -0.15) is 0 Å². The minimum atomic E-state index is 0.0238. The number of para-hydroxylation sites is 1. The summed E-state index contributed by atoms with van der Waals surface area (Å²) < 4.78 is 8.39. The molecule has 3 heteroatoms. The summed E-state index contributed by atoms with van der Waals surface area (Å²) in [7, 11) is 0. The van der Waals surface area contributed by atoms with E-state index in [0.29, 0.717) is 0 Å². The number of nitrogens with zero attached hydrogens (tertiary/aromatic N) is 1. The molecule has 240 valence electrons. The van der Waals surface area contributed by atoms with Crippen molar-refractivity contribution in [1.29, 1.82) is 0 Å². The molecular formula is C49H27NO2. The van der Waals surface area contributed by atoms with Gasteiger partial charge in [-0.1, -0.05) is 121 Å². The number of benzene rings is 9. The van der Waals surface area contributed by atoms with E-state index in [0.717, 1.165) is 82.2 Å². The van der Waals surface area contributed by atoms with Crippen LogP contribution in [-0.2, 0) is 0 Å². The van der Waals surface area contributed by atoms with Gasteiger partial charge in [0.25, 0.3) is 5.56 Å². The third kappa shape index (κ3) is 3.61. The molecule has 3 nitrogen and oxygen atoms in total. The second-order valence-corrected chi connectivity index (χ2v) is 14.0. The van der Waals surface area contributed by atoms with Gasteiger partial charge in [0.2, 0.25) is 0 Å². The van der Waals surface area contributed by atoms with Gasteiger partial charge in [-0.15, -0.1) is 0 Å². The average Bonchev–Trinajstić information content (AvgIpc) is 3.76. The van der Waals surface area contributed by atoms with Gasteiger partial charge in [0.1, 0.15) is 11.2 Å². The molecule has 0 aliphatic rings. The normalized spacial score (nSPS) is 12.3. The van der Waals surface area contributed by atoms with Crippen LogP contribution in [0.4, 0.5) is 0 Å². The fourth-order valence-corrected chi connectivity index (χ4v) is 9.02. The topological polar surface area (TPSA) is 34.6 Å². The molecule has 52 heavy (non-hydrogen) atoms. The van der Waals surface area contributed by atoms with Crippen LogP contribution in [0, 0.1) is 0 Å². The summed E-state index contributed by atoms with van der Waals surface area (Å²) in [6.07, 6.45) is 0. The van der Waals surface area contributed by atoms with Crippen LogP contribution in [0.25, 0.3) is 114 Å². The van der Waals surface area contributed by atoms with Gasteiger partial charge < -0.3 is 4.42 Å². The fourth-order valence-electron chi connectivity index (χ4n) is 9.02. The smallest absolute Gasteiger partial charge is 0.263 e. The number of aromatic nitrogens is 1. The molecule has 9 aromatic carbocycles. The van der Waals surface area contributed by atoms with E-state index < -0.39 is 0 Å². The van der Waals surface area contributed by atoms with E-state index in [1.54, 1.807) is 0 Å². The predicted octanol–water partition coefficient (Wildman–Crippen LogP) is 12.9. The summed E-state index contributed by atoms with van der Waals surface area (Å²) in [6, 6.07) is 58.0. The standard InChI is InChI=1S/C49H27NO2/c51-49-40-14-6-5-13-36(40)38-16-7-17-39-42-25-28(20-23-44(42)50(49)48(38)39)29-21-24-45-43(26-29)47-31(15-8-18-46(47)52-45)30-19-22-37-34-11-2-1-9-32(34)33-10-3-4-12-35(33)41(37)27-30/h1-27H. The van der Waals surface area contributed by atoms with Gasteiger partial charge in [0.05, 0.1) is 11.0 Å². The first kappa shape index (κ1) is 27.8. The molecule has 0 spiro atoms. The Bertz CT molecular complexity index is 3510. The highest BCUT2D eigenvalue weighted by Gasteiger charge is 2.19. The second kappa shape index (κ2) is 10.1. The molecule has 12 rings (SSSR count). The maximum atomic E-state index is 13.9. The first-order valence-electron chi connectivity index (χ1n) is 17.7. The first-order chi connectivity index (χ1) is 25.7. The van der Waals surface area contributed by atoms with Gasteiger partial charge in [0.15, 0.2) is 0 Å². The van der Waals surface area contributed by atoms with Crippen molar-refractivity contribution in [3.05, 3.63) is 174 Å². The van der Waals surface area contributed by atoms with Crippen molar-refractivity contribution in [3.8, 4) is 22.3 Å². The van der Waals surface area contributed by atoms with Crippen LogP contribution in [0.5, 0.6) is 0 Å². The van der Waals surface area contributed by atoms with Crippen molar-refractivity contribution in [2.45, 2.75) is 0 Å². The molecule has 0 N–H and O–H groups in total. The molecule has 3 heterocycles. The highest BCUT2D eigenvalue weighted by molar-refractivity contribution is 6.26. The summed E-state index contributed by atoms with van der Waals surface area (Å²) in [5.41, 5.74) is 8.17. The molecule has 0 bridgehead atoms. The van der Waals surface area contributed by atoms with Crippen molar-refractivity contribution >= 4 is 92.2 Å². The lowest BCUT2D eigenvalue weighted by molar-refractivity contribution is 0.669. The third-order valence-corrected chi connectivity index (χ3v) is 11.3. The molecule has 0 amide bonds. The Morgan fingerprint density at radius 1 is 0.365 bits per heavy atom. The zero-order chi connectivity index (χ0) is 34.1. The van der Waals surface area contributed by atoms with E-state index in [1.807, 2.05) is 22.6 Å². The van der Waals surface area contributed by atoms with Crippen molar-refractivity contribution in [3.63, 3.8) is 0 Å². The number of rotatable bonds is 2. The second-order valence-electron chi connectivity index (χ2n) is 14.0. The van der Waals surface area contributed by atoms with Gasteiger partial charge >= 0.3 is 0 Å². The van der Waals surface area contributed by atoms with Crippen LogP contribution in [0.15, 0.2) is 173 Å². The third-order valence-electron chi connectivity index (χ3n) is 11.3. The van der Waals surface area contributed by atoms with E-state index in [4.69, 9.17) is 4.42 Å². The van der Waals surface area contributed by atoms with Crippen molar-refractivity contribution < 1.29 is 4.42 Å². The molecule has 0 aliphatic carbocycles. The zero-order valence-corrected chi connectivity index (χ0v) is 27.9. The van der Waals surface area contributed by atoms with E-state index >= 15 is 0 Å². The highest BCUT2D eigenvalue weighted by Crippen LogP contribution is 2.42. The molecule has 12 aromatic rings. The monoisotopic (exact) mass is 661 g/mol. The number of hydrogen-bond donors (Lipinski definition) is 0. The van der Waals surface area contributed by atoms with Crippen LogP contribution in [0.3, 0.4) is 0 Å². The lowest BCUT2D eigenvalue weighted by atomic mass is 9.91. The summed E-state index contributed by atoms with van der Waals surface area (Å²) in [5.74, 6) is 0. The summed E-state index contributed by atoms with van der Waals surface area (Å²) >= 11 is 0. The SMILES string of the molecule is O=c1c2ccccc2c2cccc3c4cc(-c5ccc6oc7cccc(-c8ccc9c%10ccccc%10c%10ccccc%10c9c8)c7c6c5)ccc4n1c23. The molecule has 0 atom stereocenters. The Balaban J connectivity index is 1.08. The number of hydrogen-bond acceptors (Lipinski definition) is 2. The van der Waals surface area contributed by atoms with Gasteiger partial charge in [-0.3, -0.25) is 9.20 Å². The highest BCUT2D eigenvalue weighted by atomic mass is 16.3. The van der Waals surface area contributed by atoms with Crippen LogP contribution in [0.1, 0.15) is 0 Å². The maximum absolute atomic E-state index is 13.9. The molecule has 0 aliphatic heterocycles. The largest absolute Gasteiger partial charge is 0.456 e. The molecule has 0 saturated heterocycles. The molecular weight excluding hydrogens is 635 g/mol. The van der Waals surface area contributed by atoms with Crippen LogP contribution >= 0.6 is 0 Å². The molecule has 0 fully saturated rings. The number of pyridine rings is 1. The Morgan fingerprint density at radius 2 is 0.885 bits per heavy atom. The van der Waals surface area contributed by atoms with Gasteiger partial charge in [-0.05, 0) is 102 Å². The Morgan fingerprint density at radius 3 is 1.62 bits per heavy atom. The number of furan rings is 1. The van der Waals surface area contributed by atoms with Crippen molar-refractivity contribution in [1.82, 2.24) is 4.40 Å². The van der Waals surface area contributed by atoms with E-state index in [2.05, 4.69) is 146 Å². The van der Waals surface area contributed by atoms with E-state index in [1.165, 1.54) is 32.3 Å². The summed E-state index contributed by atoms with van der Waals surface area (Å²) in [6.45, 7) is 0. The molecule has 0 unspecified atom stereocenters. The molecule has 0 saturated carbocycles. The van der Waals surface area contributed by atoms with Crippen LogP contribution in [-0.4, -0.2) is 4.40 Å². The van der Waals surface area contributed by atoms with Crippen molar-refractivity contribution in [2.75, 3.05) is 0 Å². The first-order valence-corrected chi connectivity index (χ1v) is 17.7. The average molecular weight is 662 g/mol. The van der Waals surface area contributed by atoms with Gasteiger partial charge in [0, 0.05) is 32.3 Å². The minimum Gasteiger partial charge on any atom is -0.456 e.